The van der Waals surface area contributed by atoms with E-state index in [4.69, 9.17) is 0 Å². The lowest BCUT2D eigenvalue weighted by atomic mass is 10.3. The lowest BCUT2D eigenvalue weighted by Gasteiger charge is -2.00. The highest BCUT2D eigenvalue weighted by molar-refractivity contribution is 7.22. The van der Waals surface area contributed by atoms with Gasteiger partial charge in [-0.1, -0.05) is 23.5 Å². The van der Waals surface area contributed by atoms with Crippen molar-refractivity contribution in [1.82, 2.24) is 14.8 Å². The molecule has 0 unspecified atom stereocenters. The molecule has 0 radical (unpaired) electrons. The Morgan fingerprint density at radius 2 is 2.16 bits per heavy atom. The van der Waals surface area contributed by atoms with E-state index in [1.54, 1.807) is 17.8 Å². The largest absolute Gasteiger partial charge is 0.296 e. The van der Waals surface area contributed by atoms with Crippen LogP contribution in [0.5, 0.6) is 0 Å². The van der Waals surface area contributed by atoms with Crippen molar-refractivity contribution in [3.05, 3.63) is 41.7 Å². The monoisotopic (exact) mass is 272 g/mol. The van der Waals surface area contributed by atoms with Gasteiger partial charge in [0.05, 0.1) is 15.9 Å². The number of anilines is 1. The number of aryl methyl sites for hydroxylation is 2. The van der Waals surface area contributed by atoms with Crippen LogP contribution in [0.1, 0.15) is 16.2 Å². The summed E-state index contributed by atoms with van der Waals surface area (Å²) >= 11 is 1.46. The number of nitrogens with zero attached hydrogens (tertiary/aromatic N) is 3. The Balaban J connectivity index is 1.88. The normalized spacial score (nSPS) is 10.8. The second kappa shape index (κ2) is 4.47. The topological polar surface area (TPSA) is 59.8 Å². The van der Waals surface area contributed by atoms with Crippen molar-refractivity contribution in [2.45, 2.75) is 6.92 Å². The lowest BCUT2D eigenvalue weighted by Crippen LogP contribution is -2.15. The van der Waals surface area contributed by atoms with E-state index in [2.05, 4.69) is 15.4 Å². The fraction of sp³-hybridized carbons (Fsp3) is 0.154. The average molecular weight is 272 g/mol. The number of hydrogen-bond donors (Lipinski definition) is 1. The quantitative estimate of drug-likeness (QED) is 0.780. The van der Waals surface area contributed by atoms with Gasteiger partial charge in [-0.05, 0) is 25.1 Å². The summed E-state index contributed by atoms with van der Waals surface area (Å²) in [6.07, 6.45) is 0. The highest BCUT2D eigenvalue weighted by atomic mass is 32.1. The number of amides is 1. The van der Waals surface area contributed by atoms with Crippen LogP contribution in [0.15, 0.2) is 30.3 Å². The van der Waals surface area contributed by atoms with Crippen molar-refractivity contribution in [1.29, 1.82) is 0 Å². The third kappa shape index (κ3) is 2.22. The van der Waals surface area contributed by atoms with Gasteiger partial charge in [-0.2, -0.15) is 5.10 Å². The first-order valence-corrected chi connectivity index (χ1v) is 6.63. The van der Waals surface area contributed by atoms with E-state index in [9.17, 15) is 4.79 Å². The predicted molar refractivity (Wildman–Crippen MR) is 75.5 cm³/mol. The van der Waals surface area contributed by atoms with Crippen molar-refractivity contribution in [3.8, 4) is 0 Å². The molecule has 1 aromatic carbocycles. The van der Waals surface area contributed by atoms with E-state index in [-0.39, 0.29) is 5.91 Å². The summed E-state index contributed by atoms with van der Waals surface area (Å²) in [5.74, 6) is -0.192. The van der Waals surface area contributed by atoms with Crippen molar-refractivity contribution in [2.75, 3.05) is 5.32 Å². The lowest BCUT2D eigenvalue weighted by molar-refractivity contribution is 0.101. The summed E-state index contributed by atoms with van der Waals surface area (Å²) in [5, 5.41) is 7.57. The molecule has 0 bridgehead atoms. The summed E-state index contributed by atoms with van der Waals surface area (Å²) in [6, 6.07) is 9.55. The molecule has 6 heteroatoms. The van der Waals surface area contributed by atoms with Crippen LogP contribution < -0.4 is 5.32 Å². The molecule has 96 valence electrons. The Hall–Kier alpha value is -2.21. The summed E-state index contributed by atoms with van der Waals surface area (Å²) in [4.78, 5) is 16.5. The maximum atomic E-state index is 12.1. The van der Waals surface area contributed by atoms with E-state index >= 15 is 0 Å². The minimum Gasteiger partial charge on any atom is -0.296 e. The number of thiazole rings is 1. The SMILES string of the molecule is Cc1cc(C(=O)Nc2nc3ccccc3s2)n(C)n1. The van der Waals surface area contributed by atoms with Crippen molar-refractivity contribution >= 4 is 32.6 Å². The molecule has 3 rings (SSSR count). The van der Waals surface area contributed by atoms with E-state index in [1.165, 1.54) is 11.3 Å². The minimum atomic E-state index is -0.192. The Morgan fingerprint density at radius 3 is 2.84 bits per heavy atom. The fourth-order valence-electron chi connectivity index (χ4n) is 1.91. The molecule has 0 atom stereocenters. The summed E-state index contributed by atoms with van der Waals surface area (Å²) in [7, 11) is 1.75. The van der Waals surface area contributed by atoms with Crippen molar-refractivity contribution < 1.29 is 4.79 Å². The summed E-state index contributed by atoms with van der Waals surface area (Å²) in [6.45, 7) is 1.86. The molecule has 0 aliphatic rings. The summed E-state index contributed by atoms with van der Waals surface area (Å²) in [5.41, 5.74) is 2.23. The zero-order valence-corrected chi connectivity index (χ0v) is 11.4. The molecular formula is C13H12N4OS. The second-order valence-electron chi connectivity index (χ2n) is 4.24. The Bertz CT molecular complexity index is 726. The zero-order valence-electron chi connectivity index (χ0n) is 10.5. The molecule has 1 amide bonds. The molecule has 0 aliphatic carbocycles. The molecule has 0 saturated carbocycles. The first-order chi connectivity index (χ1) is 9.13. The van der Waals surface area contributed by atoms with Crippen molar-refractivity contribution in [3.63, 3.8) is 0 Å². The number of nitrogens with one attached hydrogen (secondary N) is 1. The standard InChI is InChI=1S/C13H12N4OS/c1-8-7-10(17(2)16-8)12(18)15-13-14-9-5-3-4-6-11(9)19-13/h3-7H,1-2H3,(H,14,15,18). The molecule has 1 N–H and O–H groups in total. The van der Waals surface area contributed by atoms with Crippen molar-refractivity contribution in [2.24, 2.45) is 7.05 Å². The molecule has 3 aromatic rings. The number of hydrogen-bond acceptors (Lipinski definition) is 4. The van der Waals surface area contributed by atoms with Gasteiger partial charge in [0.1, 0.15) is 5.69 Å². The first kappa shape index (κ1) is 11.9. The maximum Gasteiger partial charge on any atom is 0.275 e. The number of carbonyl (C=O) groups excluding carboxylic acids is 1. The molecule has 0 fully saturated rings. The molecule has 2 aromatic heterocycles. The minimum absolute atomic E-state index is 0.192. The molecule has 0 aliphatic heterocycles. The van der Waals surface area contributed by atoms with Gasteiger partial charge in [0, 0.05) is 7.05 Å². The number of rotatable bonds is 2. The van der Waals surface area contributed by atoms with Crippen LogP contribution in [-0.2, 0) is 7.05 Å². The highest BCUT2D eigenvalue weighted by Gasteiger charge is 2.13. The fourth-order valence-corrected chi connectivity index (χ4v) is 2.77. The van der Waals surface area contributed by atoms with Crippen LogP contribution in [0.25, 0.3) is 10.2 Å². The van der Waals surface area contributed by atoms with Gasteiger partial charge in [-0.15, -0.1) is 0 Å². The van der Waals surface area contributed by atoms with Gasteiger partial charge in [-0.3, -0.25) is 14.8 Å². The summed E-state index contributed by atoms with van der Waals surface area (Å²) < 4.78 is 2.62. The Labute approximate surface area is 113 Å². The zero-order chi connectivity index (χ0) is 13.4. The second-order valence-corrected chi connectivity index (χ2v) is 5.27. The van der Waals surface area contributed by atoms with E-state index in [1.807, 2.05) is 31.2 Å². The molecule has 2 heterocycles. The van der Waals surface area contributed by atoms with Crippen LogP contribution in [-0.4, -0.2) is 20.7 Å². The van der Waals surface area contributed by atoms with E-state index in [0.717, 1.165) is 15.9 Å². The highest BCUT2D eigenvalue weighted by Crippen LogP contribution is 2.25. The smallest absolute Gasteiger partial charge is 0.275 e. The van der Waals surface area contributed by atoms with Gasteiger partial charge in [0.2, 0.25) is 0 Å². The predicted octanol–water partition coefficient (Wildman–Crippen LogP) is 2.59. The van der Waals surface area contributed by atoms with Gasteiger partial charge in [0.25, 0.3) is 5.91 Å². The van der Waals surface area contributed by atoms with Gasteiger partial charge >= 0.3 is 0 Å². The van der Waals surface area contributed by atoms with Crippen LogP contribution in [0, 0.1) is 6.92 Å². The third-order valence-corrected chi connectivity index (χ3v) is 3.70. The van der Waals surface area contributed by atoms with Crippen LogP contribution in [0.4, 0.5) is 5.13 Å². The van der Waals surface area contributed by atoms with E-state index in [0.29, 0.717) is 10.8 Å². The van der Waals surface area contributed by atoms with Gasteiger partial charge < -0.3 is 0 Å². The first-order valence-electron chi connectivity index (χ1n) is 5.81. The number of carbonyl (C=O) groups is 1. The number of benzene rings is 1. The third-order valence-electron chi connectivity index (χ3n) is 2.75. The van der Waals surface area contributed by atoms with Gasteiger partial charge in [-0.25, -0.2) is 4.98 Å². The number of fused-ring (bicyclic) bond motifs is 1. The molecule has 5 nitrogen and oxygen atoms in total. The maximum absolute atomic E-state index is 12.1. The van der Waals surface area contributed by atoms with E-state index < -0.39 is 0 Å². The van der Waals surface area contributed by atoms with Gasteiger partial charge in [0.15, 0.2) is 5.13 Å². The number of aromatic nitrogens is 3. The Morgan fingerprint density at radius 1 is 1.37 bits per heavy atom. The average Bonchev–Trinajstić information content (AvgIpc) is 2.91. The van der Waals surface area contributed by atoms with Crippen LogP contribution in [0.3, 0.4) is 0 Å². The van der Waals surface area contributed by atoms with Crippen LogP contribution >= 0.6 is 11.3 Å². The number of para-hydroxylation sites is 1. The molecule has 0 saturated heterocycles. The molecular weight excluding hydrogens is 260 g/mol. The Kier molecular flexibility index (Phi) is 2.79. The molecule has 19 heavy (non-hydrogen) atoms. The van der Waals surface area contributed by atoms with Crippen LogP contribution in [0.2, 0.25) is 0 Å². The molecule has 0 spiro atoms.